The maximum atomic E-state index is 10.8. The van der Waals surface area contributed by atoms with E-state index >= 15 is 0 Å². The molecule has 0 saturated heterocycles. The van der Waals surface area contributed by atoms with Crippen LogP contribution in [0.3, 0.4) is 0 Å². The molecule has 1 aliphatic rings. The largest absolute Gasteiger partial charge is 0.366 e. The lowest BCUT2D eigenvalue weighted by Crippen LogP contribution is -2.31. The van der Waals surface area contributed by atoms with Crippen molar-refractivity contribution in [3.63, 3.8) is 0 Å². The molecule has 80 valence electrons. The molecule has 5 nitrogen and oxygen atoms in total. The molecular weight excluding hydrogens is 192 g/mol. The van der Waals surface area contributed by atoms with Crippen molar-refractivity contribution in [2.75, 3.05) is 11.9 Å². The predicted octanol–water partition coefficient (Wildman–Crippen LogP) is 0.0837. The molecule has 0 bridgehead atoms. The van der Waals surface area contributed by atoms with E-state index in [-0.39, 0.29) is 5.54 Å². The lowest BCUT2D eigenvalue weighted by molar-refractivity contribution is 0.1000. The highest BCUT2D eigenvalue weighted by Gasteiger charge is 2.41. The van der Waals surface area contributed by atoms with Crippen molar-refractivity contribution in [3.8, 4) is 0 Å². The van der Waals surface area contributed by atoms with Gasteiger partial charge in [0.15, 0.2) is 0 Å². The molecule has 0 aliphatic heterocycles. The number of nitrogens with one attached hydrogen (secondary N) is 1. The molecule has 5 heteroatoms. The number of pyridine rings is 1. The third kappa shape index (κ3) is 2.07. The molecule has 0 unspecified atom stereocenters. The number of anilines is 1. The average molecular weight is 206 g/mol. The Hall–Kier alpha value is -1.62. The number of nitrogens with zero attached hydrogens (tertiary/aromatic N) is 1. The van der Waals surface area contributed by atoms with Crippen molar-refractivity contribution < 1.29 is 4.79 Å². The molecule has 0 atom stereocenters. The normalized spacial score (nSPS) is 17.1. The van der Waals surface area contributed by atoms with Gasteiger partial charge in [0.1, 0.15) is 5.82 Å². The highest BCUT2D eigenvalue weighted by molar-refractivity contribution is 5.92. The SMILES string of the molecule is NCC1(Nc2ccc(C(N)=O)cn2)CC1. The van der Waals surface area contributed by atoms with E-state index in [0.717, 1.165) is 18.7 Å². The number of hydrogen-bond acceptors (Lipinski definition) is 4. The maximum absolute atomic E-state index is 10.8. The predicted molar refractivity (Wildman–Crippen MR) is 57.4 cm³/mol. The Bertz CT molecular complexity index is 370. The number of aromatic nitrogens is 1. The Balaban J connectivity index is 2.07. The first-order chi connectivity index (χ1) is 7.15. The van der Waals surface area contributed by atoms with Crippen LogP contribution in [0.1, 0.15) is 23.2 Å². The zero-order valence-electron chi connectivity index (χ0n) is 8.36. The van der Waals surface area contributed by atoms with E-state index in [2.05, 4.69) is 10.3 Å². The molecule has 1 fully saturated rings. The highest BCUT2D eigenvalue weighted by Crippen LogP contribution is 2.37. The van der Waals surface area contributed by atoms with Gasteiger partial charge in [-0.3, -0.25) is 4.79 Å². The van der Waals surface area contributed by atoms with Crippen molar-refractivity contribution in [1.29, 1.82) is 0 Å². The Morgan fingerprint density at radius 2 is 2.27 bits per heavy atom. The molecule has 15 heavy (non-hydrogen) atoms. The van der Waals surface area contributed by atoms with Gasteiger partial charge in [-0.2, -0.15) is 0 Å². The molecule has 1 aromatic heterocycles. The van der Waals surface area contributed by atoms with Gasteiger partial charge in [-0.25, -0.2) is 4.98 Å². The van der Waals surface area contributed by atoms with Crippen LogP contribution in [-0.4, -0.2) is 23.0 Å². The van der Waals surface area contributed by atoms with Crippen LogP contribution in [0.4, 0.5) is 5.82 Å². The van der Waals surface area contributed by atoms with Crippen LogP contribution < -0.4 is 16.8 Å². The van der Waals surface area contributed by atoms with Crippen molar-refractivity contribution in [3.05, 3.63) is 23.9 Å². The fourth-order valence-corrected chi connectivity index (χ4v) is 1.42. The lowest BCUT2D eigenvalue weighted by atomic mass is 10.2. The number of carbonyl (C=O) groups is 1. The third-order valence-electron chi connectivity index (χ3n) is 2.69. The third-order valence-corrected chi connectivity index (χ3v) is 2.69. The summed E-state index contributed by atoms with van der Waals surface area (Å²) in [5, 5.41) is 3.26. The number of hydrogen-bond donors (Lipinski definition) is 3. The molecule has 1 aromatic rings. The van der Waals surface area contributed by atoms with Gasteiger partial charge in [-0.05, 0) is 25.0 Å². The maximum Gasteiger partial charge on any atom is 0.250 e. The Labute approximate surface area is 87.9 Å². The topological polar surface area (TPSA) is 94.0 Å². The average Bonchev–Trinajstić information content (AvgIpc) is 2.99. The quantitative estimate of drug-likeness (QED) is 0.650. The number of primary amides is 1. The molecule has 1 amide bonds. The van der Waals surface area contributed by atoms with Crippen LogP contribution in [-0.2, 0) is 0 Å². The van der Waals surface area contributed by atoms with Gasteiger partial charge in [0.25, 0.3) is 0 Å². The first-order valence-corrected chi connectivity index (χ1v) is 4.89. The van der Waals surface area contributed by atoms with Crippen LogP contribution in [0, 0.1) is 0 Å². The van der Waals surface area contributed by atoms with Gasteiger partial charge >= 0.3 is 0 Å². The zero-order valence-corrected chi connectivity index (χ0v) is 8.36. The standard InChI is InChI=1S/C10H14N4O/c11-6-10(3-4-10)14-8-2-1-7(5-13-8)9(12)15/h1-2,5H,3-4,6,11H2,(H2,12,15)(H,13,14). The lowest BCUT2D eigenvalue weighted by Gasteiger charge is -2.15. The van der Waals surface area contributed by atoms with Crippen LogP contribution in [0.5, 0.6) is 0 Å². The van der Waals surface area contributed by atoms with Gasteiger partial charge in [0.2, 0.25) is 5.91 Å². The molecule has 0 radical (unpaired) electrons. The molecule has 5 N–H and O–H groups in total. The molecular formula is C10H14N4O. The van der Waals surface area contributed by atoms with Gasteiger partial charge in [-0.15, -0.1) is 0 Å². The number of rotatable bonds is 4. The van der Waals surface area contributed by atoms with Gasteiger partial charge in [0.05, 0.1) is 11.1 Å². The smallest absolute Gasteiger partial charge is 0.250 e. The minimum absolute atomic E-state index is 0.0290. The van der Waals surface area contributed by atoms with Crippen molar-refractivity contribution >= 4 is 11.7 Å². The summed E-state index contributed by atoms with van der Waals surface area (Å²) in [4.78, 5) is 14.9. The number of nitrogens with two attached hydrogens (primary N) is 2. The summed E-state index contributed by atoms with van der Waals surface area (Å²) in [7, 11) is 0. The van der Waals surface area contributed by atoms with Crippen LogP contribution >= 0.6 is 0 Å². The minimum Gasteiger partial charge on any atom is -0.366 e. The van der Waals surface area contributed by atoms with E-state index in [1.807, 2.05) is 0 Å². The monoisotopic (exact) mass is 206 g/mol. The van der Waals surface area contributed by atoms with Crippen LogP contribution in [0.15, 0.2) is 18.3 Å². The fourth-order valence-electron chi connectivity index (χ4n) is 1.42. The zero-order chi connectivity index (χ0) is 10.9. The van der Waals surface area contributed by atoms with Crippen molar-refractivity contribution in [2.24, 2.45) is 11.5 Å². The Kier molecular flexibility index (Phi) is 2.32. The molecule has 0 spiro atoms. The van der Waals surface area contributed by atoms with E-state index in [4.69, 9.17) is 11.5 Å². The van der Waals surface area contributed by atoms with Crippen molar-refractivity contribution in [1.82, 2.24) is 4.98 Å². The Morgan fingerprint density at radius 1 is 1.53 bits per heavy atom. The Morgan fingerprint density at radius 3 is 2.67 bits per heavy atom. The molecule has 1 saturated carbocycles. The van der Waals surface area contributed by atoms with E-state index in [1.54, 1.807) is 12.1 Å². The first-order valence-electron chi connectivity index (χ1n) is 4.89. The second-order valence-corrected chi connectivity index (χ2v) is 3.91. The summed E-state index contributed by atoms with van der Waals surface area (Å²) >= 11 is 0. The van der Waals surface area contributed by atoms with E-state index in [9.17, 15) is 4.79 Å². The fraction of sp³-hybridized carbons (Fsp3) is 0.400. The summed E-state index contributed by atoms with van der Waals surface area (Å²) in [6, 6.07) is 3.40. The number of amides is 1. The second-order valence-electron chi connectivity index (χ2n) is 3.91. The summed E-state index contributed by atoms with van der Waals surface area (Å²) in [5.41, 5.74) is 11.2. The second kappa shape index (κ2) is 3.51. The van der Waals surface area contributed by atoms with Crippen LogP contribution in [0.25, 0.3) is 0 Å². The summed E-state index contributed by atoms with van der Waals surface area (Å²) in [5.74, 6) is 0.275. The van der Waals surface area contributed by atoms with Gasteiger partial charge in [-0.1, -0.05) is 0 Å². The van der Waals surface area contributed by atoms with Crippen molar-refractivity contribution in [2.45, 2.75) is 18.4 Å². The van der Waals surface area contributed by atoms with E-state index < -0.39 is 5.91 Å². The molecule has 1 aliphatic carbocycles. The first kappa shape index (κ1) is 9.92. The summed E-state index contributed by atoms with van der Waals surface area (Å²) < 4.78 is 0. The van der Waals surface area contributed by atoms with E-state index in [0.29, 0.717) is 12.1 Å². The summed E-state index contributed by atoms with van der Waals surface area (Å²) in [6.45, 7) is 0.603. The molecule has 1 heterocycles. The molecule has 2 rings (SSSR count). The van der Waals surface area contributed by atoms with Gasteiger partial charge < -0.3 is 16.8 Å². The molecule has 0 aromatic carbocycles. The minimum atomic E-state index is -0.464. The van der Waals surface area contributed by atoms with Gasteiger partial charge in [0, 0.05) is 12.7 Å². The number of carbonyl (C=O) groups excluding carboxylic acids is 1. The highest BCUT2D eigenvalue weighted by atomic mass is 16.1. The van der Waals surface area contributed by atoms with E-state index in [1.165, 1.54) is 6.20 Å². The summed E-state index contributed by atoms with van der Waals surface area (Å²) in [6.07, 6.45) is 3.61. The van der Waals surface area contributed by atoms with Crippen LogP contribution in [0.2, 0.25) is 0 Å².